The fourth-order valence-electron chi connectivity index (χ4n) is 2.38. The Balaban J connectivity index is 2.01. The smallest absolute Gasteiger partial charge is 0.125 e. The lowest BCUT2D eigenvalue weighted by Gasteiger charge is -2.42. The van der Waals surface area contributed by atoms with Gasteiger partial charge in [-0.1, -0.05) is 0 Å². The van der Waals surface area contributed by atoms with Crippen LogP contribution in [0.25, 0.3) is 0 Å². The molecule has 0 aliphatic carbocycles. The van der Waals surface area contributed by atoms with Gasteiger partial charge in [-0.05, 0) is 18.2 Å². The summed E-state index contributed by atoms with van der Waals surface area (Å²) in [6, 6.07) is 5.41. The zero-order valence-electron chi connectivity index (χ0n) is 8.46. The number of fused-ring (bicyclic) bond motifs is 3. The fourth-order valence-corrected chi connectivity index (χ4v) is 2.38. The van der Waals surface area contributed by atoms with Crippen LogP contribution in [0.15, 0.2) is 18.2 Å². The van der Waals surface area contributed by atoms with Crippen molar-refractivity contribution < 1.29 is 4.39 Å². The summed E-state index contributed by atoms with van der Waals surface area (Å²) in [6.45, 7) is 3.85. The number of benzene rings is 1. The minimum absolute atomic E-state index is 0.158. The van der Waals surface area contributed by atoms with E-state index in [0.29, 0.717) is 6.04 Å². The third-order valence-electron chi connectivity index (χ3n) is 3.15. The van der Waals surface area contributed by atoms with Crippen LogP contribution >= 0.6 is 0 Å². The van der Waals surface area contributed by atoms with Gasteiger partial charge in [0.15, 0.2) is 0 Å². The minimum atomic E-state index is -0.158. The highest BCUT2D eigenvalue weighted by atomic mass is 19.1. The van der Waals surface area contributed by atoms with E-state index in [-0.39, 0.29) is 5.82 Å². The van der Waals surface area contributed by atoms with Crippen molar-refractivity contribution in [3.8, 4) is 0 Å². The van der Waals surface area contributed by atoms with E-state index < -0.39 is 0 Å². The Bertz CT molecular complexity index is 380. The predicted octanol–water partition coefficient (Wildman–Crippen LogP) is 1.03. The second-order valence-corrected chi connectivity index (χ2v) is 4.09. The maximum Gasteiger partial charge on any atom is 0.125 e. The molecule has 0 saturated carbocycles. The van der Waals surface area contributed by atoms with Crippen molar-refractivity contribution in [2.75, 3.05) is 36.4 Å². The molecule has 15 heavy (non-hydrogen) atoms. The average Bonchev–Trinajstić information content (AvgIpc) is 2.29. The van der Waals surface area contributed by atoms with Crippen LogP contribution in [-0.4, -0.2) is 32.2 Å². The second-order valence-electron chi connectivity index (χ2n) is 4.09. The molecule has 0 bridgehead atoms. The number of piperazine rings is 1. The third kappa shape index (κ3) is 1.45. The van der Waals surface area contributed by atoms with Crippen LogP contribution in [-0.2, 0) is 0 Å². The van der Waals surface area contributed by atoms with E-state index in [0.717, 1.165) is 37.6 Å². The Kier molecular flexibility index (Phi) is 2.02. The van der Waals surface area contributed by atoms with Gasteiger partial charge in [0, 0.05) is 26.2 Å². The van der Waals surface area contributed by atoms with Crippen molar-refractivity contribution in [2.24, 2.45) is 0 Å². The predicted molar refractivity (Wildman–Crippen MR) is 58.9 cm³/mol. The van der Waals surface area contributed by atoms with Crippen LogP contribution in [0.1, 0.15) is 0 Å². The largest absolute Gasteiger partial charge is 0.381 e. The van der Waals surface area contributed by atoms with Gasteiger partial charge in [0.1, 0.15) is 5.82 Å². The average molecular weight is 207 g/mol. The maximum atomic E-state index is 13.2. The molecule has 3 nitrogen and oxygen atoms in total. The molecule has 0 aromatic heterocycles. The van der Waals surface area contributed by atoms with Gasteiger partial charge in [-0.2, -0.15) is 0 Å². The van der Waals surface area contributed by atoms with Crippen molar-refractivity contribution >= 4 is 11.4 Å². The van der Waals surface area contributed by atoms with Crippen LogP contribution in [0.4, 0.5) is 15.8 Å². The van der Waals surface area contributed by atoms with E-state index in [2.05, 4.69) is 15.5 Å². The van der Waals surface area contributed by atoms with E-state index in [4.69, 9.17) is 0 Å². The number of hydrogen-bond donors (Lipinski definition) is 2. The van der Waals surface area contributed by atoms with Gasteiger partial charge in [0.25, 0.3) is 0 Å². The Morgan fingerprint density at radius 1 is 1.33 bits per heavy atom. The van der Waals surface area contributed by atoms with Crippen molar-refractivity contribution in [1.82, 2.24) is 5.32 Å². The Labute approximate surface area is 88.3 Å². The Morgan fingerprint density at radius 2 is 2.27 bits per heavy atom. The molecule has 4 heteroatoms. The number of halogens is 1. The van der Waals surface area contributed by atoms with Gasteiger partial charge < -0.3 is 15.5 Å². The monoisotopic (exact) mass is 207 g/mol. The molecule has 0 amide bonds. The van der Waals surface area contributed by atoms with Crippen LogP contribution in [0.3, 0.4) is 0 Å². The zero-order valence-corrected chi connectivity index (χ0v) is 8.46. The fraction of sp³-hybridized carbons (Fsp3) is 0.455. The van der Waals surface area contributed by atoms with Crippen LogP contribution in [0.5, 0.6) is 0 Å². The lowest BCUT2D eigenvalue weighted by Crippen LogP contribution is -2.56. The molecular weight excluding hydrogens is 193 g/mol. The van der Waals surface area contributed by atoms with Gasteiger partial charge in [-0.15, -0.1) is 0 Å². The van der Waals surface area contributed by atoms with Crippen LogP contribution in [0.2, 0.25) is 0 Å². The van der Waals surface area contributed by atoms with Crippen molar-refractivity contribution in [2.45, 2.75) is 6.04 Å². The van der Waals surface area contributed by atoms with E-state index in [1.807, 2.05) is 6.07 Å². The molecule has 1 aromatic rings. The summed E-state index contributed by atoms with van der Waals surface area (Å²) in [5.74, 6) is -0.158. The molecule has 0 spiro atoms. The van der Waals surface area contributed by atoms with Gasteiger partial charge in [0.05, 0.1) is 17.4 Å². The van der Waals surface area contributed by atoms with E-state index in [1.165, 1.54) is 6.07 Å². The van der Waals surface area contributed by atoms with E-state index in [9.17, 15) is 4.39 Å². The maximum absolute atomic E-state index is 13.2. The number of nitrogens with one attached hydrogen (secondary N) is 2. The first-order valence-electron chi connectivity index (χ1n) is 5.35. The molecular formula is C11H14FN3. The molecule has 0 radical (unpaired) electrons. The van der Waals surface area contributed by atoms with Crippen molar-refractivity contribution in [3.05, 3.63) is 24.0 Å². The standard InChI is InChI=1S/C11H14FN3/c12-8-1-2-10-11(5-8)15-4-3-13-6-9(15)7-14-10/h1-2,5,9,13-14H,3-4,6-7H2. The molecule has 1 unspecified atom stereocenters. The molecule has 1 atom stereocenters. The topological polar surface area (TPSA) is 27.3 Å². The normalized spacial score (nSPS) is 24.1. The summed E-state index contributed by atoms with van der Waals surface area (Å²) in [6.07, 6.45) is 0. The number of rotatable bonds is 0. The van der Waals surface area contributed by atoms with Crippen LogP contribution < -0.4 is 15.5 Å². The summed E-state index contributed by atoms with van der Waals surface area (Å²) in [4.78, 5) is 2.30. The molecule has 2 heterocycles. The van der Waals surface area contributed by atoms with Gasteiger partial charge in [-0.3, -0.25) is 0 Å². The number of anilines is 2. The Morgan fingerprint density at radius 3 is 3.20 bits per heavy atom. The Hall–Kier alpha value is -1.29. The lowest BCUT2D eigenvalue weighted by atomic mass is 10.1. The highest BCUT2D eigenvalue weighted by molar-refractivity contribution is 5.73. The number of nitrogens with zero attached hydrogens (tertiary/aromatic N) is 1. The van der Waals surface area contributed by atoms with Crippen molar-refractivity contribution in [3.63, 3.8) is 0 Å². The summed E-state index contributed by atoms with van der Waals surface area (Å²) in [5.41, 5.74) is 2.06. The first-order valence-corrected chi connectivity index (χ1v) is 5.35. The second kappa shape index (κ2) is 3.38. The quantitative estimate of drug-likeness (QED) is 0.665. The highest BCUT2D eigenvalue weighted by Crippen LogP contribution is 2.32. The molecule has 3 rings (SSSR count). The molecule has 1 saturated heterocycles. The third-order valence-corrected chi connectivity index (χ3v) is 3.15. The molecule has 2 aliphatic rings. The van der Waals surface area contributed by atoms with Crippen LogP contribution in [0, 0.1) is 5.82 Å². The SMILES string of the molecule is Fc1ccc2c(c1)N1CCNCC1CN2. The summed E-state index contributed by atoms with van der Waals surface area (Å²) >= 11 is 0. The van der Waals surface area contributed by atoms with E-state index in [1.54, 1.807) is 6.07 Å². The minimum Gasteiger partial charge on any atom is -0.381 e. The van der Waals surface area contributed by atoms with Crippen molar-refractivity contribution in [1.29, 1.82) is 0 Å². The van der Waals surface area contributed by atoms with Gasteiger partial charge in [-0.25, -0.2) is 4.39 Å². The summed E-state index contributed by atoms with van der Waals surface area (Å²) < 4.78 is 13.2. The summed E-state index contributed by atoms with van der Waals surface area (Å²) in [5, 5.41) is 6.69. The molecule has 2 N–H and O–H groups in total. The first-order chi connectivity index (χ1) is 7.34. The van der Waals surface area contributed by atoms with E-state index >= 15 is 0 Å². The van der Waals surface area contributed by atoms with Gasteiger partial charge >= 0.3 is 0 Å². The molecule has 80 valence electrons. The molecule has 2 aliphatic heterocycles. The number of hydrogen-bond acceptors (Lipinski definition) is 3. The first kappa shape index (κ1) is 8.97. The summed E-state index contributed by atoms with van der Waals surface area (Å²) in [7, 11) is 0. The highest BCUT2D eigenvalue weighted by Gasteiger charge is 2.28. The zero-order chi connectivity index (χ0) is 10.3. The lowest BCUT2D eigenvalue weighted by molar-refractivity contribution is 0.481. The van der Waals surface area contributed by atoms with Gasteiger partial charge in [0.2, 0.25) is 0 Å². The molecule has 1 fully saturated rings. The molecule has 1 aromatic carbocycles.